The van der Waals surface area contributed by atoms with Crippen LogP contribution in [0.15, 0.2) is 29.2 Å². The molecule has 128 valence electrons. The van der Waals surface area contributed by atoms with Gasteiger partial charge in [-0.25, -0.2) is 4.31 Å². The van der Waals surface area contributed by atoms with Gasteiger partial charge in [0.1, 0.15) is 0 Å². The number of nitrogens with zero attached hydrogens (tertiary/aromatic N) is 1. The number of benzene rings is 1. The van der Waals surface area contributed by atoms with E-state index in [1.54, 1.807) is 0 Å². The normalized spacial score (nSPS) is 11.1. The van der Waals surface area contributed by atoms with Gasteiger partial charge in [0.15, 0.2) is 0 Å². The number of anilines is 1. The SMILES string of the molecule is CC.CCN(CC(C)(C)CCCN)Sc1cccc(NC)c1. The molecule has 4 heteroatoms. The van der Waals surface area contributed by atoms with Crippen LogP contribution in [0.3, 0.4) is 0 Å². The second kappa shape index (κ2) is 11.8. The second-order valence-electron chi connectivity index (χ2n) is 5.88. The Morgan fingerprint density at radius 1 is 1.27 bits per heavy atom. The summed E-state index contributed by atoms with van der Waals surface area (Å²) in [6, 6.07) is 8.55. The Morgan fingerprint density at radius 2 is 1.95 bits per heavy atom. The van der Waals surface area contributed by atoms with Gasteiger partial charge in [-0.15, -0.1) is 0 Å². The molecule has 0 heterocycles. The molecule has 0 aromatic heterocycles. The van der Waals surface area contributed by atoms with E-state index in [0.717, 1.165) is 31.7 Å². The highest BCUT2D eigenvalue weighted by atomic mass is 32.2. The summed E-state index contributed by atoms with van der Waals surface area (Å²) < 4.78 is 2.44. The summed E-state index contributed by atoms with van der Waals surface area (Å²) >= 11 is 1.84. The van der Waals surface area contributed by atoms with Crippen LogP contribution in [0.25, 0.3) is 0 Å². The van der Waals surface area contributed by atoms with Crippen LogP contribution in [0, 0.1) is 5.41 Å². The molecule has 3 N–H and O–H groups in total. The van der Waals surface area contributed by atoms with Gasteiger partial charge in [0.2, 0.25) is 0 Å². The van der Waals surface area contributed by atoms with Crippen molar-refractivity contribution < 1.29 is 0 Å². The van der Waals surface area contributed by atoms with Crippen molar-refractivity contribution in [1.29, 1.82) is 0 Å². The number of hydrogen-bond donors (Lipinski definition) is 2. The summed E-state index contributed by atoms with van der Waals surface area (Å²) in [5, 5.41) is 3.19. The van der Waals surface area contributed by atoms with Gasteiger partial charge in [-0.05, 0) is 54.9 Å². The molecule has 0 unspecified atom stereocenters. The van der Waals surface area contributed by atoms with Crippen LogP contribution in [0.1, 0.15) is 47.5 Å². The topological polar surface area (TPSA) is 41.3 Å². The summed E-state index contributed by atoms with van der Waals surface area (Å²) in [6.07, 6.45) is 2.28. The molecule has 0 saturated heterocycles. The van der Waals surface area contributed by atoms with Crippen molar-refractivity contribution in [3.05, 3.63) is 24.3 Å². The first-order valence-electron chi connectivity index (χ1n) is 8.41. The van der Waals surface area contributed by atoms with Crippen molar-refractivity contribution in [3.8, 4) is 0 Å². The van der Waals surface area contributed by atoms with E-state index in [9.17, 15) is 0 Å². The highest BCUT2D eigenvalue weighted by Gasteiger charge is 2.21. The molecule has 0 bridgehead atoms. The third kappa shape index (κ3) is 8.66. The highest BCUT2D eigenvalue weighted by Crippen LogP contribution is 2.30. The van der Waals surface area contributed by atoms with Gasteiger partial charge in [0.05, 0.1) is 0 Å². The first-order chi connectivity index (χ1) is 10.5. The molecule has 1 aromatic carbocycles. The number of nitrogens with two attached hydrogens (primary N) is 1. The fraction of sp³-hybridized carbons (Fsp3) is 0.667. The summed E-state index contributed by atoms with van der Waals surface area (Å²) in [5.74, 6) is 0. The largest absolute Gasteiger partial charge is 0.388 e. The van der Waals surface area contributed by atoms with E-state index in [4.69, 9.17) is 5.73 Å². The van der Waals surface area contributed by atoms with E-state index in [2.05, 4.69) is 54.7 Å². The number of hydrogen-bond acceptors (Lipinski definition) is 4. The minimum Gasteiger partial charge on any atom is -0.388 e. The van der Waals surface area contributed by atoms with Crippen molar-refractivity contribution in [3.63, 3.8) is 0 Å². The molecule has 0 fully saturated rings. The molecule has 0 aliphatic heterocycles. The number of nitrogens with one attached hydrogen (secondary N) is 1. The van der Waals surface area contributed by atoms with Gasteiger partial charge in [0.25, 0.3) is 0 Å². The fourth-order valence-corrected chi connectivity index (χ4v) is 3.36. The van der Waals surface area contributed by atoms with E-state index >= 15 is 0 Å². The van der Waals surface area contributed by atoms with Crippen molar-refractivity contribution >= 4 is 17.6 Å². The first-order valence-corrected chi connectivity index (χ1v) is 9.19. The van der Waals surface area contributed by atoms with E-state index in [-0.39, 0.29) is 0 Å². The Hall–Kier alpha value is -0.710. The zero-order valence-corrected chi connectivity index (χ0v) is 16.1. The highest BCUT2D eigenvalue weighted by molar-refractivity contribution is 7.97. The van der Waals surface area contributed by atoms with Crippen LogP contribution in [0.5, 0.6) is 0 Å². The minimum absolute atomic E-state index is 0.309. The van der Waals surface area contributed by atoms with Gasteiger partial charge >= 0.3 is 0 Å². The van der Waals surface area contributed by atoms with Crippen LogP contribution in [0.4, 0.5) is 5.69 Å². The Morgan fingerprint density at radius 3 is 2.50 bits per heavy atom. The van der Waals surface area contributed by atoms with Crippen molar-refractivity contribution in [2.24, 2.45) is 11.1 Å². The molecule has 0 amide bonds. The predicted molar refractivity (Wildman–Crippen MR) is 103 cm³/mol. The van der Waals surface area contributed by atoms with Crippen LogP contribution in [0.2, 0.25) is 0 Å². The van der Waals surface area contributed by atoms with E-state index in [1.165, 1.54) is 11.3 Å². The number of rotatable bonds is 9. The molecule has 0 saturated carbocycles. The molecular formula is C18H35N3S. The third-order valence-corrected chi connectivity index (χ3v) is 4.48. The maximum Gasteiger partial charge on any atom is 0.0349 e. The van der Waals surface area contributed by atoms with Crippen LogP contribution < -0.4 is 11.1 Å². The van der Waals surface area contributed by atoms with Crippen molar-refractivity contribution in [1.82, 2.24) is 4.31 Å². The van der Waals surface area contributed by atoms with Crippen molar-refractivity contribution in [2.75, 3.05) is 32.0 Å². The Labute approximate surface area is 142 Å². The first kappa shape index (κ1) is 21.3. The second-order valence-corrected chi connectivity index (χ2v) is 7.05. The van der Waals surface area contributed by atoms with Gasteiger partial charge in [0, 0.05) is 30.7 Å². The molecule has 0 aliphatic rings. The Kier molecular flexibility index (Phi) is 11.4. The average molecular weight is 326 g/mol. The molecule has 1 aromatic rings. The van der Waals surface area contributed by atoms with Gasteiger partial charge in [-0.1, -0.05) is 40.7 Å². The maximum absolute atomic E-state index is 5.63. The minimum atomic E-state index is 0.309. The molecule has 0 radical (unpaired) electrons. The Balaban J connectivity index is 0.00000211. The standard InChI is InChI=1S/C16H29N3S.C2H6/c1-5-19(13-16(2,3)10-7-11-17)20-15-9-6-8-14(12-15)18-4;1-2/h6,8-9,12,18H,5,7,10-11,13,17H2,1-4H3;1-2H3. The Bertz CT molecular complexity index is 394. The lowest BCUT2D eigenvalue weighted by Gasteiger charge is -2.31. The summed E-state index contributed by atoms with van der Waals surface area (Å²) in [4.78, 5) is 1.29. The monoisotopic (exact) mass is 325 g/mol. The van der Waals surface area contributed by atoms with Gasteiger partial charge in [-0.3, -0.25) is 0 Å². The molecule has 3 nitrogen and oxygen atoms in total. The van der Waals surface area contributed by atoms with E-state index < -0.39 is 0 Å². The van der Waals surface area contributed by atoms with Crippen LogP contribution >= 0.6 is 11.9 Å². The van der Waals surface area contributed by atoms with E-state index in [1.807, 2.05) is 32.8 Å². The maximum atomic E-state index is 5.63. The molecular weight excluding hydrogens is 290 g/mol. The molecule has 1 rings (SSSR count). The molecule has 22 heavy (non-hydrogen) atoms. The van der Waals surface area contributed by atoms with Crippen LogP contribution in [-0.4, -0.2) is 31.0 Å². The smallest absolute Gasteiger partial charge is 0.0349 e. The summed E-state index contributed by atoms with van der Waals surface area (Å²) in [5.41, 5.74) is 7.10. The lowest BCUT2D eigenvalue weighted by atomic mass is 9.88. The zero-order valence-electron chi connectivity index (χ0n) is 15.3. The quantitative estimate of drug-likeness (QED) is 0.637. The fourth-order valence-electron chi connectivity index (χ4n) is 2.20. The lowest BCUT2D eigenvalue weighted by Crippen LogP contribution is -2.30. The molecule has 0 aliphatic carbocycles. The third-order valence-electron chi connectivity index (χ3n) is 3.37. The summed E-state index contributed by atoms with van der Waals surface area (Å²) in [6.45, 7) is 13.8. The average Bonchev–Trinajstić information content (AvgIpc) is 2.54. The molecule has 0 atom stereocenters. The van der Waals surface area contributed by atoms with Crippen molar-refractivity contribution in [2.45, 2.75) is 52.4 Å². The molecule has 0 spiro atoms. The van der Waals surface area contributed by atoms with E-state index in [0.29, 0.717) is 5.41 Å². The van der Waals surface area contributed by atoms with Gasteiger partial charge in [-0.2, -0.15) is 0 Å². The predicted octanol–water partition coefficient (Wildman–Crippen LogP) is 4.85. The van der Waals surface area contributed by atoms with Gasteiger partial charge < -0.3 is 11.1 Å². The zero-order chi connectivity index (χ0) is 17.0. The van der Waals surface area contributed by atoms with Crippen LogP contribution in [-0.2, 0) is 0 Å². The lowest BCUT2D eigenvalue weighted by molar-refractivity contribution is 0.256. The summed E-state index contributed by atoms with van der Waals surface area (Å²) in [7, 11) is 1.96.